The minimum Gasteiger partial charge on any atom is -0.490 e. The van der Waals surface area contributed by atoms with E-state index in [0.717, 1.165) is 31.4 Å². The van der Waals surface area contributed by atoms with Crippen molar-refractivity contribution >= 4 is 17.5 Å². The van der Waals surface area contributed by atoms with Crippen molar-refractivity contribution in [3.8, 4) is 5.75 Å². The number of nitrogens with one attached hydrogen (secondary N) is 2. The van der Waals surface area contributed by atoms with Gasteiger partial charge in [-0.1, -0.05) is 54.1 Å². The normalized spacial score (nSPS) is 22.3. The van der Waals surface area contributed by atoms with E-state index in [0.29, 0.717) is 30.9 Å². The van der Waals surface area contributed by atoms with Gasteiger partial charge in [0.1, 0.15) is 18.5 Å². The molecule has 3 aliphatic rings. The van der Waals surface area contributed by atoms with Crippen LogP contribution in [0.1, 0.15) is 51.9 Å². The Labute approximate surface area is 235 Å². The molecule has 3 atom stereocenters. The fourth-order valence-electron chi connectivity index (χ4n) is 6.20. The summed E-state index contributed by atoms with van der Waals surface area (Å²) in [6.07, 6.45) is 3.09. The van der Waals surface area contributed by atoms with Crippen molar-refractivity contribution in [1.82, 2.24) is 10.2 Å². The number of rotatable bonds is 6. The lowest BCUT2D eigenvalue weighted by Crippen LogP contribution is -2.54. The highest BCUT2D eigenvalue weighted by Crippen LogP contribution is 2.33. The number of carbonyl (C=O) groups excluding carboxylic acids is 2. The fraction of sp³-hybridized carbons (Fsp3) is 0.394. The Kier molecular flexibility index (Phi) is 7.48. The van der Waals surface area contributed by atoms with E-state index >= 15 is 0 Å². The molecule has 7 heteroatoms. The molecule has 208 valence electrons. The third kappa shape index (κ3) is 5.70. The van der Waals surface area contributed by atoms with E-state index < -0.39 is 0 Å². The maximum absolute atomic E-state index is 13.6. The molecule has 2 amide bonds. The van der Waals surface area contributed by atoms with Crippen LogP contribution in [0.2, 0.25) is 0 Å². The maximum atomic E-state index is 13.6. The van der Waals surface area contributed by atoms with Crippen LogP contribution in [0, 0.1) is 6.92 Å². The van der Waals surface area contributed by atoms with Gasteiger partial charge < -0.3 is 25.0 Å². The molecule has 3 aromatic rings. The van der Waals surface area contributed by atoms with Crippen molar-refractivity contribution in [3.63, 3.8) is 0 Å². The second-order valence-electron chi connectivity index (χ2n) is 11.4. The quantitative estimate of drug-likeness (QED) is 0.476. The van der Waals surface area contributed by atoms with Gasteiger partial charge in [-0.15, -0.1) is 0 Å². The Morgan fingerprint density at radius 2 is 1.75 bits per heavy atom. The number of nitrogens with zero attached hydrogens (tertiary/aromatic N) is 1. The highest BCUT2D eigenvalue weighted by atomic mass is 16.5. The summed E-state index contributed by atoms with van der Waals surface area (Å²) < 4.78 is 12.5. The highest BCUT2D eigenvalue weighted by Gasteiger charge is 2.39. The van der Waals surface area contributed by atoms with E-state index in [-0.39, 0.29) is 36.1 Å². The molecule has 0 aromatic heterocycles. The van der Waals surface area contributed by atoms with Crippen LogP contribution >= 0.6 is 0 Å². The molecule has 0 saturated carbocycles. The predicted octanol–water partition coefficient (Wildman–Crippen LogP) is 4.66. The Hall–Kier alpha value is -3.84. The van der Waals surface area contributed by atoms with Crippen LogP contribution in [-0.4, -0.2) is 54.7 Å². The molecular weight excluding hydrogens is 502 g/mol. The number of hydrogen-bond acceptors (Lipinski definition) is 5. The predicted molar refractivity (Wildman–Crippen MR) is 155 cm³/mol. The van der Waals surface area contributed by atoms with Gasteiger partial charge in [0.05, 0.1) is 24.1 Å². The lowest BCUT2D eigenvalue weighted by atomic mass is 9.94. The van der Waals surface area contributed by atoms with Gasteiger partial charge in [0.2, 0.25) is 5.91 Å². The molecule has 0 unspecified atom stereocenters. The number of fused-ring (bicyclic) bond motifs is 3. The minimum atomic E-state index is -0.288. The highest BCUT2D eigenvalue weighted by molar-refractivity contribution is 5.98. The molecule has 0 bridgehead atoms. The SMILES string of the molecule is Cc1ccc(CNc2ccc3c(c2)C(=O)N(C)[C@H]2CC[C@@H](CC(=O)NC4Cc5ccccc5C4)O[C@H]2CO3)cc1. The summed E-state index contributed by atoms with van der Waals surface area (Å²) in [4.78, 5) is 28.2. The molecule has 1 fully saturated rings. The maximum Gasteiger partial charge on any atom is 0.257 e. The lowest BCUT2D eigenvalue weighted by molar-refractivity contribution is -0.134. The summed E-state index contributed by atoms with van der Waals surface area (Å²) in [5, 5.41) is 6.63. The number of likely N-dealkylation sites (N-methyl/N-ethyl adjacent to an activating group) is 1. The summed E-state index contributed by atoms with van der Waals surface area (Å²) in [6, 6.07) is 22.5. The molecule has 6 rings (SSSR count). The second-order valence-corrected chi connectivity index (χ2v) is 11.4. The Morgan fingerprint density at radius 3 is 2.50 bits per heavy atom. The van der Waals surface area contributed by atoms with Gasteiger partial charge in [-0.05, 0) is 67.5 Å². The van der Waals surface area contributed by atoms with E-state index in [1.807, 2.05) is 25.2 Å². The first-order chi connectivity index (χ1) is 19.4. The molecule has 2 aliphatic heterocycles. The number of anilines is 1. The van der Waals surface area contributed by atoms with Crippen molar-refractivity contribution < 1.29 is 19.1 Å². The molecular formula is C33H37N3O4. The molecule has 3 aromatic carbocycles. The Morgan fingerprint density at radius 1 is 1.00 bits per heavy atom. The van der Waals surface area contributed by atoms with E-state index in [9.17, 15) is 9.59 Å². The molecule has 0 spiro atoms. The van der Waals surface area contributed by atoms with Crippen LogP contribution in [-0.2, 0) is 28.9 Å². The topological polar surface area (TPSA) is 79.9 Å². The van der Waals surface area contributed by atoms with Crippen LogP contribution < -0.4 is 15.4 Å². The number of hydrogen-bond donors (Lipinski definition) is 2. The van der Waals surface area contributed by atoms with Gasteiger partial charge >= 0.3 is 0 Å². The molecule has 7 nitrogen and oxygen atoms in total. The lowest BCUT2D eigenvalue weighted by Gasteiger charge is -2.42. The number of amides is 2. The first-order valence-corrected chi connectivity index (χ1v) is 14.3. The third-order valence-corrected chi connectivity index (χ3v) is 8.46. The number of benzene rings is 3. The van der Waals surface area contributed by atoms with Crippen molar-refractivity contribution in [3.05, 3.63) is 94.5 Å². The molecule has 2 N–H and O–H groups in total. The van der Waals surface area contributed by atoms with Crippen molar-refractivity contribution in [2.45, 2.75) is 69.9 Å². The number of carbonyl (C=O) groups is 2. The van der Waals surface area contributed by atoms with Crippen molar-refractivity contribution in [2.75, 3.05) is 19.0 Å². The second kappa shape index (κ2) is 11.3. The molecule has 2 heterocycles. The fourth-order valence-corrected chi connectivity index (χ4v) is 6.20. The van der Waals surface area contributed by atoms with Crippen molar-refractivity contribution in [2.24, 2.45) is 0 Å². The summed E-state index contributed by atoms with van der Waals surface area (Å²) in [6.45, 7) is 3.08. The largest absolute Gasteiger partial charge is 0.490 e. The van der Waals surface area contributed by atoms with Gasteiger partial charge in [-0.25, -0.2) is 0 Å². The van der Waals surface area contributed by atoms with Crippen LogP contribution in [0.5, 0.6) is 5.75 Å². The van der Waals surface area contributed by atoms with E-state index in [1.165, 1.54) is 22.3 Å². The molecule has 40 heavy (non-hydrogen) atoms. The van der Waals surface area contributed by atoms with Crippen LogP contribution in [0.15, 0.2) is 66.7 Å². The minimum absolute atomic E-state index is 0.0217. The molecule has 1 aliphatic carbocycles. The van der Waals surface area contributed by atoms with E-state index in [2.05, 4.69) is 66.1 Å². The van der Waals surface area contributed by atoms with Crippen LogP contribution in [0.25, 0.3) is 0 Å². The average Bonchev–Trinajstić information content (AvgIpc) is 3.37. The van der Waals surface area contributed by atoms with Gasteiger partial charge in [0, 0.05) is 25.3 Å². The Bertz CT molecular complexity index is 1360. The smallest absolute Gasteiger partial charge is 0.257 e. The third-order valence-electron chi connectivity index (χ3n) is 8.46. The van der Waals surface area contributed by atoms with Gasteiger partial charge in [0.25, 0.3) is 5.91 Å². The summed E-state index contributed by atoms with van der Waals surface area (Å²) in [5.41, 5.74) is 6.46. The summed E-state index contributed by atoms with van der Waals surface area (Å²) in [5.74, 6) is 0.498. The number of ether oxygens (including phenoxy) is 2. The van der Waals surface area contributed by atoms with Crippen LogP contribution in [0.3, 0.4) is 0 Å². The monoisotopic (exact) mass is 539 g/mol. The molecule has 0 radical (unpaired) electrons. The molecule has 1 saturated heterocycles. The van der Waals surface area contributed by atoms with Gasteiger partial charge in [0.15, 0.2) is 0 Å². The van der Waals surface area contributed by atoms with Crippen molar-refractivity contribution in [1.29, 1.82) is 0 Å². The van der Waals surface area contributed by atoms with Gasteiger partial charge in [-0.2, -0.15) is 0 Å². The zero-order chi connectivity index (χ0) is 27.6. The average molecular weight is 540 g/mol. The zero-order valence-corrected chi connectivity index (χ0v) is 23.2. The number of aryl methyl sites for hydroxylation is 1. The standard InChI is InChI=1S/C33H37N3O4/c1-21-7-9-22(10-8-21)19-34-25-11-14-30-28(17-25)33(38)36(2)29-13-12-27(40-31(29)20-39-30)18-32(37)35-26-15-23-5-3-4-6-24(23)16-26/h3-11,14,17,26-27,29,31,34H,12-13,15-16,18-20H2,1-2H3,(H,35,37)/t27-,29-,31-/m0/s1. The zero-order valence-electron chi connectivity index (χ0n) is 23.2. The summed E-state index contributed by atoms with van der Waals surface area (Å²) in [7, 11) is 1.84. The van der Waals surface area contributed by atoms with E-state index in [1.54, 1.807) is 4.90 Å². The Balaban J connectivity index is 1.06. The van der Waals surface area contributed by atoms with E-state index in [4.69, 9.17) is 9.47 Å². The first-order valence-electron chi connectivity index (χ1n) is 14.3. The van der Waals surface area contributed by atoms with Crippen LogP contribution in [0.4, 0.5) is 5.69 Å². The van der Waals surface area contributed by atoms with Gasteiger partial charge in [-0.3, -0.25) is 9.59 Å². The summed E-state index contributed by atoms with van der Waals surface area (Å²) >= 11 is 0. The first kappa shape index (κ1) is 26.4.